The summed E-state index contributed by atoms with van der Waals surface area (Å²) in [7, 11) is 0. The lowest BCUT2D eigenvalue weighted by Crippen LogP contribution is -2.52. The van der Waals surface area contributed by atoms with E-state index in [0.29, 0.717) is 12.1 Å². The fourth-order valence-electron chi connectivity index (χ4n) is 5.04. The summed E-state index contributed by atoms with van der Waals surface area (Å²) in [6.07, 6.45) is 9.36. The Morgan fingerprint density at radius 1 is 1.12 bits per heavy atom. The molecule has 0 aliphatic carbocycles. The minimum atomic E-state index is 0.118. The van der Waals surface area contributed by atoms with Crippen molar-refractivity contribution in [3.05, 3.63) is 42.0 Å². The van der Waals surface area contributed by atoms with E-state index in [2.05, 4.69) is 46.6 Å². The number of urea groups is 1. The standard InChI is InChI=1S/C20H24N2O2/c23-20(21-18-12-17-8-9-19(18)24-17)22-15-6-7-16(22)11-14(10-15)13-4-2-1-3-5-13/h1-5,10,15-19H,6-9,11-12H2,(H,21,23)/t15-,16-,17-,18+,19-/m1/s1. The molecule has 3 saturated heterocycles. The van der Waals surface area contributed by atoms with Crippen LogP contribution in [0, 0.1) is 0 Å². The maximum absolute atomic E-state index is 12.9. The molecule has 126 valence electrons. The highest BCUT2D eigenvalue weighted by molar-refractivity contribution is 5.79. The minimum absolute atomic E-state index is 0.118. The molecule has 1 aromatic rings. The van der Waals surface area contributed by atoms with Crippen LogP contribution in [0.25, 0.3) is 5.57 Å². The molecule has 5 atom stereocenters. The number of hydrogen-bond donors (Lipinski definition) is 1. The van der Waals surface area contributed by atoms with Gasteiger partial charge in [0.05, 0.1) is 24.3 Å². The quantitative estimate of drug-likeness (QED) is 0.906. The van der Waals surface area contributed by atoms with Gasteiger partial charge in [0.2, 0.25) is 0 Å². The predicted octanol–water partition coefficient (Wildman–Crippen LogP) is 3.34. The fraction of sp³-hybridized carbons (Fsp3) is 0.550. The summed E-state index contributed by atoms with van der Waals surface area (Å²) in [4.78, 5) is 15.0. The number of carbonyl (C=O) groups is 1. The second-order valence-corrected chi connectivity index (χ2v) is 7.63. The van der Waals surface area contributed by atoms with Gasteiger partial charge in [0.15, 0.2) is 0 Å². The van der Waals surface area contributed by atoms with Crippen molar-refractivity contribution in [2.75, 3.05) is 0 Å². The van der Waals surface area contributed by atoms with Crippen LogP contribution in [0.15, 0.2) is 36.4 Å². The third-order valence-corrected chi connectivity index (χ3v) is 6.19. The first-order valence-electron chi connectivity index (χ1n) is 9.28. The molecule has 5 rings (SSSR count). The smallest absolute Gasteiger partial charge is 0.318 e. The molecule has 2 amide bonds. The van der Waals surface area contributed by atoms with Crippen LogP contribution >= 0.6 is 0 Å². The molecule has 1 aromatic carbocycles. The average molecular weight is 324 g/mol. The second kappa shape index (κ2) is 5.62. The van der Waals surface area contributed by atoms with Crippen molar-refractivity contribution in [1.29, 1.82) is 0 Å². The molecule has 24 heavy (non-hydrogen) atoms. The summed E-state index contributed by atoms with van der Waals surface area (Å²) >= 11 is 0. The van der Waals surface area contributed by atoms with Crippen molar-refractivity contribution in [2.24, 2.45) is 0 Å². The van der Waals surface area contributed by atoms with E-state index < -0.39 is 0 Å². The van der Waals surface area contributed by atoms with E-state index in [4.69, 9.17) is 4.74 Å². The van der Waals surface area contributed by atoms with Crippen LogP contribution in [0.1, 0.15) is 44.1 Å². The Hall–Kier alpha value is -1.81. The van der Waals surface area contributed by atoms with Gasteiger partial charge >= 0.3 is 6.03 Å². The van der Waals surface area contributed by atoms with Crippen LogP contribution in [-0.2, 0) is 4.74 Å². The molecule has 0 unspecified atom stereocenters. The van der Waals surface area contributed by atoms with Crippen LogP contribution in [0.5, 0.6) is 0 Å². The number of hydrogen-bond acceptors (Lipinski definition) is 2. The number of nitrogens with one attached hydrogen (secondary N) is 1. The van der Waals surface area contributed by atoms with Gasteiger partial charge < -0.3 is 15.0 Å². The summed E-state index contributed by atoms with van der Waals surface area (Å²) < 4.78 is 5.87. The zero-order valence-corrected chi connectivity index (χ0v) is 13.9. The van der Waals surface area contributed by atoms with Gasteiger partial charge in [-0.3, -0.25) is 0 Å². The van der Waals surface area contributed by atoms with Gasteiger partial charge in [0.1, 0.15) is 0 Å². The normalized spacial score (nSPS) is 36.8. The van der Waals surface area contributed by atoms with E-state index in [1.54, 1.807) is 0 Å². The van der Waals surface area contributed by atoms with Crippen LogP contribution in [0.2, 0.25) is 0 Å². The lowest BCUT2D eigenvalue weighted by molar-refractivity contribution is 0.0963. The van der Waals surface area contributed by atoms with E-state index >= 15 is 0 Å². The van der Waals surface area contributed by atoms with E-state index in [0.717, 1.165) is 38.5 Å². The monoisotopic (exact) mass is 324 g/mol. The fourth-order valence-corrected chi connectivity index (χ4v) is 5.04. The van der Waals surface area contributed by atoms with Gasteiger partial charge in [-0.15, -0.1) is 0 Å². The maximum atomic E-state index is 12.9. The number of ether oxygens (including phenoxy) is 1. The third-order valence-electron chi connectivity index (χ3n) is 6.19. The van der Waals surface area contributed by atoms with Gasteiger partial charge in [0, 0.05) is 6.04 Å². The van der Waals surface area contributed by atoms with Gasteiger partial charge in [-0.2, -0.15) is 0 Å². The van der Waals surface area contributed by atoms with E-state index in [1.807, 2.05) is 0 Å². The molecule has 0 saturated carbocycles. The molecule has 4 heterocycles. The number of amides is 2. The highest BCUT2D eigenvalue weighted by atomic mass is 16.5. The SMILES string of the molecule is O=C(N[C@H]1C[C@H]2CC[C@H]1O2)N1[C@@H]2CC[C@@H]1C=C(c1ccccc1)C2. The zero-order chi connectivity index (χ0) is 16.1. The molecular weight excluding hydrogens is 300 g/mol. The first-order valence-corrected chi connectivity index (χ1v) is 9.28. The van der Waals surface area contributed by atoms with E-state index in [9.17, 15) is 4.79 Å². The zero-order valence-electron chi connectivity index (χ0n) is 13.9. The summed E-state index contributed by atoms with van der Waals surface area (Å²) in [5, 5.41) is 3.27. The van der Waals surface area contributed by atoms with Gasteiger partial charge in [-0.05, 0) is 49.7 Å². The molecule has 0 radical (unpaired) electrons. The van der Waals surface area contributed by atoms with Gasteiger partial charge in [-0.1, -0.05) is 36.4 Å². The summed E-state index contributed by atoms with van der Waals surface area (Å²) in [6.45, 7) is 0. The number of carbonyl (C=O) groups excluding carboxylic acids is 1. The maximum Gasteiger partial charge on any atom is 0.318 e. The Morgan fingerprint density at radius 2 is 2.00 bits per heavy atom. The molecule has 4 aliphatic heterocycles. The van der Waals surface area contributed by atoms with Crippen LogP contribution in [-0.4, -0.2) is 41.3 Å². The first-order chi connectivity index (χ1) is 11.8. The lowest BCUT2D eigenvalue weighted by atomic mass is 9.94. The number of benzene rings is 1. The molecule has 4 heteroatoms. The summed E-state index contributed by atoms with van der Waals surface area (Å²) in [6, 6.07) is 11.5. The lowest BCUT2D eigenvalue weighted by Gasteiger charge is -2.35. The Kier molecular flexibility index (Phi) is 3.40. The van der Waals surface area contributed by atoms with Crippen molar-refractivity contribution >= 4 is 11.6 Å². The van der Waals surface area contributed by atoms with Crippen molar-refractivity contribution in [2.45, 2.75) is 68.9 Å². The molecule has 0 spiro atoms. The Bertz CT molecular complexity index is 671. The molecule has 4 aliphatic rings. The minimum Gasteiger partial charge on any atom is -0.373 e. The molecule has 0 aromatic heterocycles. The van der Waals surface area contributed by atoms with E-state index in [-0.39, 0.29) is 24.2 Å². The highest BCUT2D eigenvalue weighted by Crippen LogP contribution is 2.39. The predicted molar refractivity (Wildman–Crippen MR) is 92.5 cm³/mol. The van der Waals surface area contributed by atoms with Crippen LogP contribution in [0.4, 0.5) is 4.79 Å². The summed E-state index contributed by atoms with van der Waals surface area (Å²) in [5.74, 6) is 0. The van der Waals surface area contributed by atoms with Gasteiger partial charge in [0.25, 0.3) is 0 Å². The van der Waals surface area contributed by atoms with Crippen molar-refractivity contribution in [1.82, 2.24) is 10.2 Å². The van der Waals surface area contributed by atoms with E-state index in [1.165, 1.54) is 11.1 Å². The first kappa shape index (κ1) is 14.5. The number of fused-ring (bicyclic) bond motifs is 4. The van der Waals surface area contributed by atoms with Gasteiger partial charge in [-0.25, -0.2) is 4.79 Å². The molecule has 4 bridgehead atoms. The molecular formula is C20H24N2O2. The second-order valence-electron chi connectivity index (χ2n) is 7.63. The highest BCUT2D eigenvalue weighted by Gasteiger charge is 2.44. The van der Waals surface area contributed by atoms with Crippen molar-refractivity contribution in [3.63, 3.8) is 0 Å². The van der Waals surface area contributed by atoms with Crippen molar-refractivity contribution in [3.8, 4) is 0 Å². The number of nitrogens with zero attached hydrogens (tertiary/aromatic N) is 1. The average Bonchev–Trinajstić information content (AvgIpc) is 3.29. The largest absolute Gasteiger partial charge is 0.373 e. The van der Waals surface area contributed by atoms with Crippen LogP contribution in [0.3, 0.4) is 0 Å². The third kappa shape index (κ3) is 2.35. The molecule has 3 fully saturated rings. The number of rotatable bonds is 2. The van der Waals surface area contributed by atoms with Crippen molar-refractivity contribution < 1.29 is 9.53 Å². The Balaban J connectivity index is 1.31. The Morgan fingerprint density at radius 3 is 2.71 bits per heavy atom. The Labute approximate surface area is 142 Å². The molecule has 1 N–H and O–H groups in total. The summed E-state index contributed by atoms with van der Waals surface area (Å²) in [5.41, 5.74) is 2.70. The molecule has 4 nitrogen and oxygen atoms in total. The topological polar surface area (TPSA) is 41.6 Å². The van der Waals surface area contributed by atoms with Crippen LogP contribution < -0.4 is 5.32 Å².